The van der Waals surface area contributed by atoms with Gasteiger partial charge < -0.3 is 19.8 Å². The Balaban J connectivity index is 1.89. The number of Topliss-reactive ketones (excluding diaryl/α,β-unsaturated/α-hetero) is 1. The maximum Gasteiger partial charge on any atom is 0.161 e. The summed E-state index contributed by atoms with van der Waals surface area (Å²) in [5, 5.41) is 32.8. The van der Waals surface area contributed by atoms with E-state index in [0.717, 1.165) is 29.1 Å². The van der Waals surface area contributed by atoms with Crippen molar-refractivity contribution < 1.29 is 24.6 Å². The summed E-state index contributed by atoms with van der Waals surface area (Å²) in [4.78, 5) is 12.6. The third kappa shape index (κ3) is 2.62. The molecule has 0 radical (unpaired) electrons. The lowest BCUT2D eigenvalue weighted by molar-refractivity contribution is -0.950. The van der Waals surface area contributed by atoms with Gasteiger partial charge in [-0.2, -0.15) is 0 Å². The summed E-state index contributed by atoms with van der Waals surface area (Å²) in [6, 6.07) is 3.38. The van der Waals surface area contributed by atoms with Crippen molar-refractivity contribution in [3.63, 3.8) is 0 Å². The molecule has 2 fully saturated rings. The highest BCUT2D eigenvalue weighted by atomic mass is 16.3. The second kappa shape index (κ2) is 5.95. The Morgan fingerprint density at radius 1 is 1.30 bits per heavy atom. The van der Waals surface area contributed by atoms with Crippen LogP contribution in [-0.2, 0) is 16.6 Å². The van der Waals surface area contributed by atoms with Gasteiger partial charge in [-0.25, -0.2) is 0 Å². The van der Waals surface area contributed by atoms with Crippen molar-refractivity contribution in [3.8, 4) is 11.5 Å². The van der Waals surface area contributed by atoms with Crippen molar-refractivity contribution in [1.82, 2.24) is 0 Å². The number of hydrogen-bond acceptors (Lipinski definition) is 4. The van der Waals surface area contributed by atoms with Crippen LogP contribution in [0.2, 0.25) is 0 Å². The molecular weight excluding hydrogens is 342 g/mol. The number of hydrogen-bond donors (Lipinski definition) is 3. The molecule has 148 valence electrons. The first kappa shape index (κ1) is 18.8. The average Bonchev–Trinajstić information content (AvgIpc) is 3.41. The van der Waals surface area contributed by atoms with Crippen LogP contribution in [-0.4, -0.2) is 57.4 Å². The summed E-state index contributed by atoms with van der Waals surface area (Å²) in [6.45, 7) is 5.64. The summed E-state index contributed by atoms with van der Waals surface area (Å²) < 4.78 is 0.820. The molecule has 27 heavy (non-hydrogen) atoms. The molecule has 3 N–H and O–H groups in total. The van der Waals surface area contributed by atoms with E-state index in [9.17, 15) is 20.1 Å². The third-order valence-corrected chi connectivity index (χ3v) is 7.82. The molecule has 1 aromatic carbocycles. The zero-order valence-corrected chi connectivity index (χ0v) is 16.7. The summed E-state index contributed by atoms with van der Waals surface area (Å²) in [5.41, 5.74) is -0.408. The fourth-order valence-electron chi connectivity index (χ4n) is 6.04. The van der Waals surface area contributed by atoms with Crippen LogP contribution < -0.4 is 0 Å². The number of likely N-dealkylation sites (N-methyl/N-ethyl adjacent to an activating group) is 1. The predicted molar refractivity (Wildman–Crippen MR) is 103 cm³/mol. The van der Waals surface area contributed by atoms with Crippen LogP contribution in [0.4, 0.5) is 0 Å². The van der Waals surface area contributed by atoms with Gasteiger partial charge in [0.2, 0.25) is 0 Å². The Morgan fingerprint density at radius 2 is 2.00 bits per heavy atom. The lowest BCUT2D eigenvalue weighted by atomic mass is 9.52. The largest absolute Gasteiger partial charge is 0.504 e. The third-order valence-electron chi connectivity index (χ3n) is 7.82. The number of benzene rings is 1. The number of fused-ring (bicyclic) bond motifs is 4. The number of phenolic OH excluding ortho intramolecular Hbond substituents is 2. The molecule has 1 aliphatic heterocycles. The maximum absolute atomic E-state index is 12.6. The van der Waals surface area contributed by atoms with E-state index in [0.29, 0.717) is 24.8 Å². The molecule has 5 nitrogen and oxygen atoms in total. The standard InChI is InChI=1S/C22H31NO4/c1-4-16(24)12-22-9-10-23(3,13-14-5-6-14)18(21(22,2)27)11-15-7-8-17(25)20(26)19(15)22/h7-8,14,18,27H,4-6,9-13H2,1-3H3,(H-,25,26)/p+1/t18?,21?,22-,23+/m1/s1. The number of phenols is 2. The van der Waals surface area contributed by atoms with Gasteiger partial charge in [0, 0.05) is 42.6 Å². The minimum absolute atomic E-state index is 0.0204. The Morgan fingerprint density at radius 3 is 2.63 bits per heavy atom. The summed E-state index contributed by atoms with van der Waals surface area (Å²) >= 11 is 0. The number of rotatable bonds is 5. The van der Waals surface area contributed by atoms with Gasteiger partial charge in [0.15, 0.2) is 11.5 Å². The molecule has 1 saturated carbocycles. The van der Waals surface area contributed by atoms with Crippen LogP contribution in [0.1, 0.15) is 57.1 Å². The lowest BCUT2D eigenvalue weighted by Crippen LogP contribution is -2.76. The summed E-state index contributed by atoms with van der Waals surface area (Å²) in [6.07, 6.45) is 4.45. The van der Waals surface area contributed by atoms with Crippen LogP contribution in [0, 0.1) is 5.92 Å². The van der Waals surface area contributed by atoms with Gasteiger partial charge in [-0.15, -0.1) is 0 Å². The number of aromatic hydroxyl groups is 2. The van der Waals surface area contributed by atoms with Gasteiger partial charge in [0.25, 0.3) is 0 Å². The average molecular weight is 375 g/mol. The molecule has 4 atom stereocenters. The van der Waals surface area contributed by atoms with Crippen molar-refractivity contribution in [3.05, 3.63) is 23.3 Å². The van der Waals surface area contributed by atoms with E-state index in [-0.39, 0.29) is 29.7 Å². The number of nitrogens with zero attached hydrogens (tertiary/aromatic N) is 1. The molecular formula is C22H32NO4+. The highest BCUT2D eigenvalue weighted by Crippen LogP contribution is 2.59. The molecule has 0 amide bonds. The van der Waals surface area contributed by atoms with Crippen LogP contribution >= 0.6 is 0 Å². The molecule has 0 aromatic heterocycles. The molecule has 5 heteroatoms. The van der Waals surface area contributed by atoms with Crippen molar-refractivity contribution >= 4 is 5.78 Å². The van der Waals surface area contributed by atoms with E-state index in [4.69, 9.17) is 0 Å². The van der Waals surface area contributed by atoms with E-state index in [1.807, 2.05) is 19.9 Å². The van der Waals surface area contributed by atoms with E-state index in [2.05, 4.69) is 7.05 Å². The Bertz CT molecular complexity index is 785. The Hall–Kier alpha value is -1.59. The number of aliphatic hydroxyl groups is 1. The first-order valence-electron chi connectivity index (χ1n) is 10.3. The molecule has 4 rings (SSSR count). The fraction of sp³-hybridized carbons (Fsp3) is 0.682. The molecule has 2 aliphatic carbocycles. The number of carbonyl (C=O) groups excluding carboxylic acids is 1. The van der Waals surface area contributed by atoms with Crippen LogP contribution in [0.5, 0.6) is 11.5 Å². The van der Waals surface area contributed by atoms with E-state index < -0.39 is 11.0 Å². The van der Waals surface area contributed by atoms with Crippen LogP contribution in [0.3, 0.4) is 0 Å². The van der Waals surface area contributed by atoms with Crippen LogP contribution in [0.25, 0.3) is 0 Å². The van der Waals surface area contributed by atoms with E-state index >= 15 is 0 Å². The van der Waals surface area contributed by atoms with Crippen molar-refractivity contribution in [2.24, 2.45) is 5.92 Å². The quantitative estimate of drug-likeness (QED) is 0.547. The van der Waals surface area contributed by atoms with E-state index in [1.165, 1.54) is 18.9 Å². The first-order valence-corrected chi connectivity index (χ1v) is 10.3. The number of likely N-dealkylation sites (tertiary alicyclic amines) is 1. The molecule has 1 saturated heterocycles. The number of carbonyl (C=O) groups is 1. The normalized spacial score (nSPS) is 37.7. The molecule has 2 bridgehead atoms. The van der Waals surface area contributed by atoms with Gasteiger partial charge in [-0.1, -0.05) is 13.0 Å². The molecule has 3 aliphatic rings. The molecule has 0 spiro atoms. The highest BCUT2D eigenvalue weighted by Gasteiger charge is 2.67. The number of piperidine rings is 1. The van der Waals surface area contributed by atoms with Crippen molar-refractivity contribution in [2.75, 3.05) is 20.1 Å². The van der Waals surface area contributed by atoms with Gasteiger partial charge in [-0.3, -0.25) is 4.79 Å². The minimum Gasteiger partial charge on any atom is -0.504 e. The summed E-state index contributed by atoms with van der Waals surface area (Å²) in [7, 11) is 2.24. The van der Waals surface area contributed by atoms with Gasteiger partial charge in [0.05, 0.1) is 20.1 Å². The zero-order valence-electron chi connectivity index (χ0n) is 16.7. The van der Waals surface area contributed by atoms with Crippen molar-refractivity contribution in [2.45, 2.75) is 69.4 Å². The lowest BCUT2D eigenvalue weighted by Gasteiger charge is -2.62. The van der Waals surface area contributed by atoms with Crippen molar-refractivity contribution in [1.29, 1.82) is 0 Å². The first-order chi connectivity index (χ1) is 12.6. The smallest absolute Gasteiger partial charge is 0.161 e. The van der Waals surface area contributed by atoms with Gasteiger partial charge >= 0.3 is 0 Å². The number of ketones is 1. The van der Waals surface area contributed by atoms with E-state index in [1.54, 1.807) is 0 Å². The number of quaternary nitrogens is 1. The van der Waals surface area contributed by atoms with Gasteiger partial charge in [0.1, 0.15) is 17.4 Å². The second-order valence-corrected chi connectivity index (χ2v) is 9.56. The molecule has 1 aromatic rings. The molecule has 1 heterocycles. The highest BCUT2D eigenvalue weighted by molar-refractivity contribution is 5.81. The minimum atomic E-state index is -1.13. The SMILES string of the molecule is CCC(=O)C[C@]12CC[N@@+](C)(CC3CC3)C(Cc3ccc(O)c(O)c31)C2(C)O. The van der Waals surface area contributed by atoms with Gasteiger partial charge in [-0.05, 0) is 31.4 Å². The zero-order chi connectivity index (χ0) is 19.6. The second-order valence-electron chi connectivity index (χ2n) is 9.56. The van der Waals surface area contributed by atoms with Crippen LogP contribution in [0.15, 0.2) is 12.1 Å². The topological polar surface area (TPSA) is 77.8 Å². The fourth-order valence-corrected chi connectivity index (χ4v) is 6.04. The Kier molecular flexibility index (Phi) is 4.13. The predicted octanol–water partition coefficient (Wildman–Crippen LogP) is 2.64. The Labute approximate surface area is 161 Å². The summed E-state index contributed by atoms with van der Waals surface area (Å²) in [5.74, 6) is 0.494. The molecule has 2 unspecified atom stereocenters. The maximum atomic E-state index is 12.6. The monoisotopic (exact) mass is 374 g/mol.